The summed E-state index contributed by atoms with van der Waals surface area (Å²) in [4.78, 5) is 21.4. The second-order valence-electron chi connectivity index (χ2n) is 9.69. The number of aromatic nitrogens is 2. The summed E-state index contributed by atoms with van der Waals surface area (Å²) in [6.07, 6.45) is 16.2. The third-order valence-corrected chi connectivity index (χ3v) is 6.68. The van der Waals surface area contributed by atoms with E-state index in [4.69, 9.17) is 4.84 Å². The molecule has 1 aromatic heterocycles. The van der Waals surface area contributed by atoms with Gasteiger partial charge in [-0.25, -0.2) is 10.0 Å². The first-order valence-electron chi connectivity index (χ1n) is 11.8. The summed E-state index contributed by atoms with van der Waals surface area (Å²) in [6, 6.07) is 8.67. The third kappa shape index (κ3) is 5.84. The number of nitrogens with zero attached hydrogens (tertiary/aromatic N) is 3. The number of hydrogen-bond donors (Lipinski definition) is 0. The van der Waals surface area contributed by atoms with Crippen LogP contribution in [0.2, 0.25) is 0 Å². The standard InChI is InChI=1S/C29H37N3O2/c1-21(11-10-12-22(2)19-28(33)31(6)34-7)15-16-24-23(3)26(17-18-29(24,4)5)32-20-30-25-13-8-9-14-27(25)32/h8-16,19-20,26H,17-18H2,1-7H3/b12-10+,16-15+,21-11+,22-19-. The average Bonchev–Trinajstić information content (AvgIpc) is 3.22. The molecule has 1 unspecified atom stereocenters. The smallest absolute Gasteiger partial charge is 0.270 e. The highest BCUT2D eigenvalue weighted by molar-refractivity contribution is 5.87. The van der Waals surface area contributed by atoms with E-state index in [0.717, 1.165) is 29.5 Å². The monoisotopic (exact) mass is 459 g/mol. The van der Waals surface area contributed by atoms with Gasteiger partial charge in [0.2, 0.25) is 0 Å². The van der Waals surface area contributed by atoms with Gasteiger partial charge in [0.15, 0.2) is 0 Å². The number of carbonyl (C=O) groups excluding carboxylic acids is 1. The van der Waals surface area contributed by atoms with E-state index >= 15 is 0 Å². The molecule has 5 heteroatoms. The fourth-order valence-electron chi connectivity index (χ4n) is 4.54. The topological polar surface area (TPSA) is 47.4 Å². The molecule has 1 amide bonds. The van der Waals surface area contributed by atoms with E-state index in [9.17, 15) is 4.79 Å². The van der Waals surface area contributed by atoms with Gasteiger partial charge in [-0.3, -0.25) is 9.63 Å². The number of rotatable bonds is 7. The first-order valence-corrected chi connectivity index (χ1v) is 11.8. The van der Waals surface area contributed by atoms with Crippen LogP contribution < -0.4 is 0 Å². The average molecular weight is 460 g/mol. The van der Waals surface area contributed by atoms with Crippen molar-refractivity contribution in [3.8, 4) is 0 Å². The van der Waals surface area contributed by atoms with Gasteiger partial charge in [0.1, 0.15) is 0 Å². The molecule has 1 aliphatic rings. The second kappa shape index (κ2) is 10.8. The molecular weight excluding hydrogens is 422 g/mol. The number of benzene rings is 1. The Morgan fingerprint density at radius 3 is 2.68 bits per heavy atom. The SMILES string of the molecule is CON(C)C(=O)\C=C(C)/C=C/C=C(C)/C=C/C1=C(C)C(n2cnc3ccccc32)CCC1(C)C. The lowest BCUT2D eigenvalue weighted by Gasteiger charge is -2.38. The van der Waals surface area contributed by atoms with E-state index < -0.39 is 0 Å². The highest BCUT2D eigenvalue weighted by Gasteiger charge is 2.33. The van der Waals surface area contributed by atoms with Crippen LogP contribution in [0, 0.1) is 5.41 Å². The first-order chi connectivity index (χ1) is 16.1. The maximum Gasteiger partial charge on any atom is 0.270 e. The number of likely N-dealkylation sites (N-methyl/N-ethyl adjacent to an activating group) is 1. The molecule has 1 aromatic carbocycles. The number of imidazole rings is 1. The van der Waals surface area contributed by atoms with Crippen molar-refractivity contribution in [2.24, 2.45) is 5.41 Å². The van der Waals surface area contributed by atoms with E-state index in [1.807, 2.05) is 31.5 Å². The lowest BCUT2D eigenvalue weighted by Crippen LogP contribution is -2.26. The van der Waals surface area contributed by atoms with Gasteiger partial charge in [-0.05, 0) is 67.9 Å². The molecule has 0 aliphatic heterocycles. The normalized spacial score (nSPS) is 19.6. The minimum Gasteiger partial charge on any atom is -0.323 e. The Bertz CT molecular complexity index is 1190. The molecule has 1 heterocycles. The summed E-state index contributed by atoms with van der Waals surface area (Å²) >= 11 is 0. The molecule has 1 atom stereocenters. The first kappa shape index (κ1) is 25.4. The van der Waals surface area contributed by atoms with Gasteiger partial charge < -0.3 is 4.57 Å². The molecule has 0 saturated heterocycles. The molecule has 0 spiro atoms. The van der Waals surface area contributed by atoms with E-state index in [-0.39, 0.29) is 11.3 Å². The Balaban J connectivity index is 1.81. The van der Waals surface area contributed by atoms with Crippen LogP contribution in [0.15, 0.2) is 89.3 Å². The third-order valence-electron chi connectivity index (χ3n) is 6.68. The fraction of sp³-hybridized carbons (Fsp3) is 0.379. The van der Waals surface area contributed by atoms with E-state index in [1.54, 1.807) is 13.1 Å². The maximum absolute atomic E-state index is 11.9. The molecule has 3 rings (SSSR count). The molecule has 0 radical (unpaired) electrons. The molecule has 0 N–H and O–H groups in total. The fourth-order valence-corrected chi connectivity index (χ4v) is 4.54. The zero-order valence-corrected chi connectivity index (χ0v) is 21.5. The predicted octanol–water partition coefficient (Wildman–Crippen LogP) is 6.74. The Morgan fingerprint density at radius 1 is 1.21 bits per heavy atom. The van der Waals surface area contributed by atoms with Crippen molar-refractivity contribution in [3.63, 3.8) is 0 Å². The summed E-state index contributed by atoms with van der Waals surface area (Å²) in [6.45, 7) is 10.9. The van der Waals surface area contributed by atoms with Crippen LogP contribution in [0.25, 0.3) is 11.0 Å². The van der Waals surface area contributed by atoms with Crippen LogP contribution in [0.1, 0.15) is 53.5 Å². The van der Waals surface area contributed by atoms with Crippen LogP contribution in [0.3, 0.4) is 0 Å². The molecule has 5 nitrogen and oxygen atoms in total. The molecule has 0 fully saturated rings. The van der Waals surface area contributed by atoms with Crippen molar-refractivity contribution in [1.29, 1.82) is 0 Å². The van der Waals surface area contributed by atoms with Crippen LogP contribution in [-0.4, -0.2) is 34.7 Å². The summed E-state index contributed by atoms with van der Waals surface area (Å²) < 4.78 is 2.33. The molecular formula is C29H37N3O2. The summed E-state index contributed by atoms with van der Waals surface area (Å²) in [7, 11) is 3.06. The van der Waals surface area contributed by atoms with Gasteiger partial charge in [-0.1, -0.05) is 61.9 Å². The second-order valence-corrected chi connectivity index (χ2v) is 9.69. The van der Waals surface area contributed by atoms with Gasteiger partial charge in [0, 0.05) is 13.1 Å². The summed E-state index contributed by atoms with van der Waals surface area (Å²) in [5, 5.41) is 1.20. The van der Waals surface area contributed by atoms with Crippen molar-refractivity contribution in [3.05, 3.63) is 89.3 Å². The van der Waals surface area contributed by atoms with E-state index in [2.05, 4.69) is 73.7 Å². The van der Waals surface area contributed by atoms with E-state index in [1.165, 1.54) is 28.8 Å². The molecule has 0 saturated carbocycles. The molecule has 1 aliphatic carbocycles. The van der Waals surface area contributed by atoms with Crippen molar-refractivity contribution in [1.82, 2.24) is 14.6 Å². The summed E-state index contributed by atoms with van der Waals surface area (Å²) in [5.74, 6) is -0.188. The number of para-hydroxylation sites is 2. The number of hydroxylamine groups is 2. The minimum absolute atomic E-state index is 0.122. The van der Waals surface area contributed by atoms with Gasteiger partial charge in [-0.15, -0.1) is 0 Å². The van der Waals surface area contributed by atoms with Crippen LogP contribution in [-0.2, 0) is 9.63 Å². The van der Waals surface area contributed by atoms with Crippen molar-refractivity contribution < 1.29 is 9.63 Å². The molecule has 180 valence electrons. The van der Waals surface area contributed by atoms with Crippen molar-refractivity contribution >= 4 is 16.9 Å². The summed E-state index contributed by atoms with van der Waals surface area (Å²) in [5.41, 5.74) is 7.16. The van der Waals surface area contributed by atoms with Crippen LogP contribution >= 0.6 is 0 Å². The Kier molecular flexibility index (Phi) is 8.11. The molecule has 34 heavy (non-hydrogen) atoms. The number of hydrogen-bond acceptors (Lipinski definition) is 3. The number of carbonyl (C=O) groups is 1. The highest BCUT2D eigenvalue weighted by Crippen LogP contribution is 2.46. The number of amides is 1. The van der Waals surface area contributed by atoms with Gasteiger partial charge >= 0.3 is 0 Å². The number of allylic oxidation sites excluding steroid dienone is 9. The minimum atomic E-state index is -0.188. The van der Waals surface area contributed by atoms with Crippen molar-refractivity contribution in [2.75, 3.05) is 14.2 Å². The lowest BCUT2D eigenvalue weighted by atomic mass is 9.70. The zero-order chi connectivity index (χ0) is 24.9. The van der Waals surface area contributed by atoms with Crippen molar-refractivity contribution in [2.45, 2.75) is 53.5 Å². The number of fused-ring (bicyclic) bond motifs is 1. The van der Waals surface area contributed by atoms with Crippen LogP contribution in [0.4, 0.5) is 0 Å². The molecule has 2 aromatic rings. The highest BCUT2D eigenvalue weighted by atomic mass is 16.7. The predicted molar refractivity (Wildman–Crippen MR) is 140 cm³/mol. The van der Waals surface area contributed by atoms with Gasteiger partial charge in [0.25, 0.3) is 5.91 Å². The Morgan fingerprint density at radius 2 is 1.94 bits per heavy atom. The van der Waals surface area contributed by atoms with E-state index in [0.29, 0.717) is 6.04 Å². The van der Waals surface area contributed by atoms with Gasteiger partial charge in [0.05, 0.1) is 30.5 Å². The lowest BCUT2D eigenvalue weighted by molar-refractivity contribution is -0.162. The van der Waals surface area contributed by atoms with Gasteiger partial charge in [-0.2, -0.15) is 0 Å². The Labute approximate surface area is 203 Å². The quantitative estimate of drug-likeness (QED) is 0.262. The maximum atomic E-state index is 11.9. The Hall–Kier alpha value is -3.18. The molecule has 0 bridgehead atoms. The zero-order valence-electron chi connectivity index (χ0n) is 21.5. The van der Waals surface area contributed by atoms with Crippen LogP contribution in [0.5, 0.6) is 0 Å². The largest absolute Gasteiger partial charge is 0.323 e.